The van der Waals surface area contributed by atoms with Crippen LogP contribution in [0.15, 0.2) is 36.5 Å². The zero-order chi connectivity index (χ0) is 25.0. The number of carbonyl (C=O) groups is 3. The quantitative estimate of drug-likeness (QED) is 0.561. The molecule has 0 radical (unpaired) electrons. The highest BCUT2D eigenvalue weighted by atomic mass is 19.1. The maximum absolute atomic E-state index is 15.1. The van der Waals surface area contributed by atoms with Gasteiger partial charge in [-0.15, -0.1) is 0 Å². The number of piperidine rings is 1. The number of benzene rings is 2. The maximum atomic E-state index is 15.1. The van der Waals surface area contributed by atoms with Crippen molar-refractivity contribution < 1.29 is 18.8 Å². The Morgan fingerprint density at radius 3 is 2.67 bits per heavy atom. The number of rotatable bonds is 4. The molecule has 1 atom stereocenters. The fraction of sp³-hybridized carbons (Fsp3) is 0.385. The number of hydrogen-bond donors (Lipinski definition) is 1. The standard InChI is InChI=1S/C26H27FN6O3/c1-30-22-10-16(2-3-17(22)13-28-30)14-31-6-8-32(9-7-31)23-11-18-15-33(26(36)19(18)12-20(23)27)21-4-5-24(34)29-25(21)35/h2-3,10-13,21H,4-9,14-15H2,1H3,(H,29,34,35). The largest absolute Gasteiger partial charge is 0.367 e. The Morgan fingerprint density at radius 2 is 1.89 bits per heavy atom. The average Bonchev–Trinajstić information content (AvgIpc) is 3.38. The van der Waals surface area contributed by atoms with Crippen LogP contribution in [-0.4, -0.2) is 69.5 Å². The fourth-order valence-corrected chi connectivity index (χ4v) is 5.51. The Morgan fingerprint density at radius 1 is 1.08 bits per heavy atom. The van der Waals surface area contributed by atoms with Gasteiger partial charge in [0.15, 0.2) is 0 Å². The molecule has 0 saturated carbocycles. The second kappa shape index (κ2) is 8.70. The van der Waals surface area contributed by atoms with E-state index in [2.05, 4.69) is 33.5 Å². The number of nitrogens with zero attached hydrogens (tertiary/aromatic N) is 5. The predicted octanol–water partition coefficient (Wildman–Crippen LogP) is 1.80. The minimum Gasteiger partial charge on any atom is -0.367 e. The van der Waals surface area contributed by atoms with Gasteiger partial charge in [0.1, 0.15) is 11.9 Å². The number of amides is 3. The minimum absolute atomic E-state index is 0.191. The minimum atomic E-state index is -0.705. The number of carbonyl (C=O) groups excluding carboxylic acids is 3. The van der Waals surface area contributed by atoms with Crippen LogP contribution >= 0.6 is 0 Å². The zero-order valence-corrected chi connectivity index (χ0v) is 20.0. The van der Waals surface area contributed by atoms with E-state index < -0.39 is 17.8 Å². The molecule has 3 aromatic rings. The number of nitrogens with one attached hydrogen (secondary N) is 1. The fourth-order valence-electron chi connectivity index (χ4n) is 5.51. The van der Waals surface area contributed by atoms with E-state index in [1.165, 1.54) is 16.5 Å². The monoisotopic (exact) mass is 490 g/mol. The number of halogens is 1. The highest BCUT2D eigenvalue weighted by Gasteiger charge is 2.40. The number of piperazine rings is 1. The molecule has 1 unspecified atom stereocenters. The Hall–Kier alpha value is -3.79. The van der Waals surface area contributed by atoms with Crippen molar-refractivity contribution in [1.82, 2.24) is 24.9 Å². The lowest BCUT2D eigenvalue weighted by Gasteiger charge is -2.36. The predicted molar refractivity (Wildman–Crippen MR) is 131 cm³/mol. The van der Waals surface area contributed by atoms with Crippen LogP contribution in [0.4, 0.5) is 10.1 Å². The first-order valence-corrected chi connectivity index (χ1v) is 12.2. The number of aromatic nitrogens is 2. The van der Waals surface area contributed by atoms with E-state index >= 15 is 4.39 Å². The van der Waals surface area contributed by atoms with Crippen molar-refractivity contribution in [3.05, 3.63) is 59.0 Å². The zero-order valence-electron chi connectivity index (χ0n) is 20.0. The van der Waals surface area contributed by atoms with Gasteiger partial charge in [-0.05, 0) is 35.7 Å². The van der Waals surface area contributed by atoms with Crippen molar-refractivity contribution in [2.75, 3.05) is 31.1 Å². The lowest BCUT2D eigenvalue weighted by atomic mass is 10.0. The number of aryl methyl sites for hydroxylation is 1. The summed E-state index contributed by atoms with van der Waals surface area (Å²) in [5.74, 6) is -1.58. The Labute approximate surface area is 207 Å². The lowest BCUT2D eigenvalue weighted by molar-refractivity contribution is -0.136. The Bertz CT molecular complexity index is 1390. The van der Waals surface area contributed by atoms with Crippen molar-refractivity contribution >= 4 is 34.3 Å². The van der Waals surface area contributed by atoms with Gasteiger partial charge in [0.25, 0.3) is 5.91 Å². The van der Waals surface area contributed by atoms with Gasteiger partial charge < -0.3 is 9.80 Å². The summed E-state index contributed by atoms with van der Waals surface area (Å²) >= 11 is 0. The normalized spacial score (nSPS) is 20.8. The highest BCUT2D eigenvalue weighted by molar-refractivity contribution is 6.05. The maximum Gasteiger partial charge on any atom is 0.255 e. The van der Waals surface area contributed by atoms with Gasteiger partial charge in [0.2, 0.25) is 11.8 Å². The number of anilines is 1. The van der Waals surface area contributed by atoms with Gasteiger partial charge in [-0.3, -0.25) is 29.3 Å². The molecule has 9 nitrogen and oxygen atoms in total. The van der Waals surface area contributed by atoms with Crippen molar-refractivity contribution in [2.45, 2.75) is 32.0 Å². The molecule has 6 rings (SSSR count). The van der Waals surface area contributed by atoms with Crippen molar-refractivity contribution in [3.63, 3.8) is 0 Å². The molecule has 1 aromatic heterocycles. The third-order valence-electron chi connectivity index (χ3n) is 7.52. The summed E-state index contributed by atoms with van der Waals surface area (Å²) in [6.07, 6.45) is 2.34. The van der Waals surface area contributed by atoms with Crippen LogP contribution in [0.25, 0.3) is 10.9 Å². The van der Waals surface area contributed by atoms with Gasteiger partial charge >= 0.3 is 0 Å². The Kier molecular flexibility index (Phi) is 5.48. The van der Waals surface area contributed by atoms with E-state index in [4.69, 9.17) is 0 Å². The summed E-state index contributed by atoms with van der Waals surface area (Å²) in [5, 5.41) is 7.72. The van der Waals surface area contributed by atoms with E-state index in [0.717, 1.165) is 30.5 Å². The number of imide groups is 1. The van der Waals surface area contributed by atoms with Crippen molar-refractivity contribution in [2.24, 2.45) is 7.05 Å². The van der Waals surface area contributed by atoms with Crippen LogP contribution in [0.2, 0.25) is 0 Å². The second-order valence-corrected chi connectivity index (χ2v) is 9.79. The van der Waals surface area contributed by atoms with E-state index in [1.807, 2.05) is 22.8 Å². The highest BCUT2D eigenvalue weighted by Crippen LogP contribution is 2.33. The third-order valence-corrected chi connectivity index (χ3v) is 7.52. The van der Waals surface area contributed by atoms with E-state index in [-0.39, 0.29) is 31.2 Å². The molecular weight excluding hydrogens is 463 g/mol. The van der Waals surface area contributed by atoms with E-state index in [0.29, 0.717) is 29.9 Å². The summed E-state index contributed by atoms with van der Waals surface area (Å²) in [5.41, 5.74) is 3.82. The van der Waals surface area contributed by atoms with Crippen LogP contribution in [0, 0.1) is 5.82 Å². The summed E-state index contributed by atoms with van der Waals surface area (Å²) in [7, 11) is 1.94. The summed E-state index contributed by atoms with van der Waals surface area (Å²) < 4.78 is 17.0. The third kappa shape index (κ3) is 3.91. The van der Waals surface area contributed by atoms with Crippen molar-refractivity contribution in [3.8, 4) is 0 Å². The van der Waals surface area contributed by atoms with Gasteiger partial charge in [-0.2, -0.15) is 5.10 Å². The number of hydrogen-bond acceptors (Lipinski definition) is 6. The molecule has 0 spiro atoms. The van der Waals surface area contributed by atoms with E-state index in [9.17, 15) is 14.4 Å². The van der Waals surface area contributed by atoms with Crippen LogP contribution in [0.1, 0.15) is 34.3 Å². The van der Waals surface area contributed by atoms with E-state index in [1.54, 1.807) is 6.07 Å². The van der Waals surface area contributed by atoms with Gasteiger partial charge in [0, 0.05) is 63.7 Å². The van der Waals surface area contributed by atoms with Gasteiger partial charge in [-0.1, -0.05) is 12.1 Å². The first kappa shape index (κ1) is 22.7. The Balaban J connectivity index is 1.13. The molecule has 10 heteroatoms. The molecule has 4 heterocycles. The summed E-state index contributed by atoms with van der Waals surface area (Å²) in [6.45, 7) is 3.99. The average molecular weight is 491 g/mol. The van der Waals surface area contributed by atoms with Crippen molar-refractivity contribution in [1.29, 1.82) is 0 Å². The smallest absolute Gasteiger partial charge is 0.255 e. The topological polar surface area (TPSA) is 90.8 Å². The van der Waals surface area contributed by atoms with Gasteiger partial charge in [-0.25, -0.2) is 4.39 Å². The van der Waals surface area contributed by atoms with Crippen LogP contribution < -0.4 is 10.2 Å². The molecule has 2 saturated heterocycles. The molecule has 0 bridgehead atoms. The molecule has 2 fully saturated rings. The van der Waals surface area contributed by atoms with Crippen LogP contribution in [0.3, 0.4) is 0 Å². The summed E-state index contributed by atoms with van der Waals surface area (Å²) in [6, 6.07) is 8.73. The van der Waals surface area contributed by atoms with Crippen LogP contribution in [0.5, 0.6) is 0 Å². The molecule has 2 aromatic carbocycles. The molecule has 0 aliphatic carbocycles. The lowest BCUT2D eigenvalue weighted by Crippen LogP contribution is -2.52. The summed E-state index contributed by atoms with van der Waals surface area (Å²) in [4.78, 5) is 42.5. The first-order chi connectivity index (χ1) is 17.4. The first-order valence-electron chi connectivity index (χ1n) is 12.2. The van der Waals surface area contributed by atoms with Crippen LogP contribution in [-0.2, 0) is 29.7 Å². The molecule has 3 aliphatic rings. The molecule has 3 aliphatic heterocycles. The second-order valence-electron chi connectivity index (χ2n) is 9.79. The molecule has 36 heavy (non-hydrogen) atoms. The molecule has 3 amide bonds. The SMILES string of the molecule is Cn1ncc2ccc(CN3CCN(c4cc5c(cc4F)C(=O)N(C4CCC(=O)NC4=O)C5)CC3)cc21. The molecule has 1 N–H and O–H groups in total. The number of fused-ring (bicyclic) bond motifs is 2. The molecule has 186 valence electrons. The molecular formula is C26H27FN6O3. The van der Waals surface area contributed by atoms with Gasteiger partial charge in [0.05, 0.1) is 17.4 Å².